The monoisotopic (exact) mass is 265 g/mol. The fourth-order valence-electron chi connectivity index (χ4n) is 3.16. The lowest BCUT2D eigenvalue weighted by Crippen LogP contribution is -2.50. The number of hydrogen-bond acceptors (Lipinski definition) is 3. The van der Waals surface area contributed by atoms with E-state index in [9.17, 15) is 0 Å². The highest BCUT2D eigenvalue weighted by atomic mass is 15.3. The Bertz CT molecular complexity index is 286. The minimum Gasteiger partial charge on any atom is -0.313 e. The highest BCUT2D eigenvalue weighted by Gasteiger charge is 2.29. The first-order valence-corrected chi connectivity index (χ1v) is 8.29. The van der Waals surface area contributed by atoms with E-state index in [1.54, 1.807) is 0 Å². The lowest BCUT2D eigenvalue weighted by molar-refractivity contribution is 0.0937. The Morgan fingerprint density at radius 1 is 0.947 bits per heavy atom. The van der Waals surface area contributed by atoms with Crippen LogP contribution in [0.15, 0.2) is 0 Å². The molecule has 2 saturated carbocycles. The molecule has 3 heteroatoms. The van der Waals surface area contributed by atoms with Crippen molar-refractivity contribution in [1.82, 2.24) is 15.1 Å². The Morgan fingerprint density at radius 2 is 1.58 bits per heavy atom. The van der Waals surface area contributed by atoms with Gasteiger partial charge in [0.15, 0.2) is 0 Å². The summed E-state index contributed by atoms with van der Waals surface area (Å²) in [5, 5.41) is 3.69. The predicted octanol–water partition coefficient (Wildman–Crippen LogP) is 1.79. The van der Waals surface area contributed by atoms with Gasteiger partial charge in [0.05, 0.1) is 0 Å². The van der Waals surface area contributed by atoms with Gasteiger partial charge in [-0.15, -0.1) is 0 Å². The molecule has 0 spiro atoms. The predicted molar refractivity (Wildman–Crippen MR) is 80.4 cm³/mol. The minimum atomic E-state index is 0.418. The second-order valence-corrected chi connectivity index (χ2v) is 7.84. The molecule has 0 atom stereocenters. The van der Waals surface area contributed by atoms with Gasteiger partial charge in [-0.25, -0.2) is 0 Å². The Labute approximate surface area is 118 Å². The molecule has 3 nitrogen and oxygen atoms in total. The summed E-state index contributed by atoms with van der Waals surface area (Å²) in [5.74, 6) is 1.05. The Balaban J connectivity index is 1.35. The lowest BCUT2D eigenvalue weighted by Gasteiger charge is -2.39. The molecule has 3 fully saturated rings. The van der Waals surface area contributed by atoms with Crippen LogP contribution in [0.3, 0.4) is 0 Å². The third-order valence-corrected chi connectivity index (χ3v) is 4.78. The normalized spacial score (nSPS) is 26.8. The highest BCUT2D eigenvalue weighted by molar-refractivity contribution is 4.87. The molecular formula is C16H31N3. The van der Waals surface area contributed by atoms with Crippen molar-refractivity contribution in [3.8, 4) is 0 Å². The zero-order chi connectivity index (χ0) is 13.3. The van der Waals surface area contributed by atoms with Gasteiger partial charge in [0, 0.05) is 51.9 Å². The second-order valence-electron chi connectivity index (χ2n) is 7.84. The number of hydrogen-bond donors (Lipinski definition) is 1. The number of rotatable bonds is 7. The van der Waals surface area contributed by atoms with Gasteiger partial charge in [0.1, 0.15) is 0 Å². The molecule has 3 aliphatic rings. The largest absolute Gasteiger partial charge is 0.313 e. The number of nitrogens with one attached hydrogen (secondary N) is 1. The van der Waals surface area contributed by atoms with E-state index in [4.69, 9.17) is 0 Å². The van der Waals surface area contributed by atoms with Crippen molar-refractivity contribution < 1.29 is 0 Å². The Morgan fingerprint density at radius 3 is 2.16 bits per heavy atom. The molecule has 3 rings (SSSR count). The molecule has 2 aliphatic carbocycles. The fourth-order valence-corrected chi connectivity index (χ4v) is 3.16. The van der Waals surface area contributed by atoms with Gasteiger partial charge in [0.2, 0.25) is 0 Å². The highest BCUT2D eigenvalue weighted by Crippen LogP contribution is 2.30. The summed E-state index contributed by atoms with van der Waals surface area (Å²) < 4.78 is 0. The lowest BCUT2D eigenvalue weighted by atomic mass is 9.92. The van der Waals surface area contributed by atoms with E-state index < -0.39 is 0 Å². The zero-order valence-corrected chi connectivity index (χ0v) is 12.8. The molecule has 1 saturated heterocycles. The molecule has 0 amide bonds. The minimum absolute atomic E-state index is 0.418. The molecule has 0 unspecified atom stereocenters. The quantitative estimate of drug-likeness (QED) is 0.757. The summed E-state index contributed by atoms with van der Waals surface area (Å²) in [6.07, 6.45) is 5.77. The van der Waals surface area contributed by atoms with Crippen LogP contribution in [0, 0.1) is 11.3 Å². The van der Waals surface area contributed by atoms with Crippen LogP contribution < -0.4 is 5.32 Å². The number of piperazine rings is 1. The maximum atomic E-state index is 3.69. The van der Waals surface area contributed by atoms with Crippen LogP contribution in [0.25, 0.3) is 0 Å². The average Bonchev–Trinajstić information content (AvgIpc) is 3.24. The third-order valence-electron chi connectivity index (χ3n) is 4.78. The first kappa shape index (κ1) is 13.8. The summed E-state index contributed by atoms with van der Waals surface area (Å²) in [5.41, 5.74) is 0.418. The van der Waals surface area contributed by atoms with Crippen LogP contribution in [0.5, 0.6) is 0 Å². The van der Waals surface area contributed by atoms with E-state index in [0.717, 1.165) is 12.0 Å². The van der Waals surface area contributed by atoms with Gasteiger partial charge in [-0.05, 0) is 37.0 Å². The molecule has 0 aromatic rings. The molecule has 0 aromatic heterocycles. The van der Waals surface area contributed by atoms with Crippen LogP contribution >= 0.6 is 0 Å². The van der Waals surface area contributed by atoms with Crippen molar-refractivity contribution in [2.45, 2.75) is 45.6 Å². The van der Waals surface area contributed by atoms with Gasteiger partial charge in [-0.3, -0.25) is 0 Å². The molecule has 110 valence electrons. The van der Waals surface area contributed by atoms with Crippen molar-refractivity contribution in [2.75, 3.05) is 45.8 Å². The Hall–Kier alpha value is -0.120. The first-order valence-electron chi connectivity index (χ1n) is 8.29. The van der Waals surface area contributed by atoms with Gasteiger partial charge in [-0.2, -0.15) is 0 Å². The fraction of sp³-hybridized carbons (Fsp3) is 1.00. The topological polar surface area (TPSA) is 18.5 Å². The first-order chi connectivity index (χ1) is 9.11. The van der Waals surface area contributed by atoms with Gasteiger partial charge in [-0.1, -0.05) is 13.8 Å². The second kappa shape index (κ2) is 5.71. The molecule has 0 bridgehead atoms. The molecule has 1 heterocycles. The summed E-state index contributed by atoms with van der Waals surface area (Å²) >= 11 is 0. The molecule has 0 radical (unpaired) electrons. The van der Waals surface area contributed by atoms with Crippen LogP contribution in [0.1, 0.15) is 39.5 Å². The van der Waals surface area contributed by atoms with Crippen LogP contribution in [-0.2, 0) is 0 Å². The van der Waals surface area contributed by atoms with Crippen LogP contribution in [0.2, 0.25) is 0 Å². The summed E-state index contributed by atoms with van der Waals surface area (Å²) in [6.45, 7) is 13.8. The van der Waals surface area contributed by atoms with Crippen molar-refractivity contribution in [3.63, 3.8) is 0 Å². The van der Waals surface area contributed by atoms with E-state index in [1.807, 2.05) is 0 Å². The average molecular weight is 265 g/mol. The summed E-state index contributed by atoms with van der Waals surface area (Å²) in [6, 6.07) is 0.842. The van der Waals surface area contributed by atoms with E-state index in [0.29, 0.717) is 5.41 Å². The van der Waals surface area contributed by atoms with Crippen molar-refractivity contribution in [3.05, 3.63) is 0 Å². The SMILES string of the molecule is CC(C)(CNC1CC1)CN1CCN(CC2CC2)CC1. The van der Waals surface area contributed by atoms with Gasteiger partial charge < -0.3 is 15.1 Å². The van der Waals surface area contributed by atoms with Crippen molar-refractivity contribution in [2.24, 2.45) is 11.3 Å². The van der Waals surface area contributed by atoms with Gasteiger partial charge >= 0.3 is 0 Å². The molecule has 1 aliphatic heterocycles. The smallest absolute Gasteiger partial charge is 0.0110 e. The summed E-state index contributed by atoms with van der Waals surface area (Å²) in [7, 11) is 0. The molecule has 1 N–H and O–H groups in total. The Kier molecular flexibility index (Phi) is 4.16. The van der Waals surface area contributed by atoms with E-state index in [2.05, 4.69) is 29.0 Å². The third kappa shape index (κ3) is 4.73. The molecule has 19 heavy (non-hydrogen) atoms. The van der Waals surface area contributed by atoms with Crippen molar-refractivity contribution in [1.29, 1.82) is 0 Å². The van der Waals surface area contributed by atoms with Crippen LogP contribution in [-0.4, -0.2) is 61.7 Å². The van der Waals surface area contributed by atoms with E-state index >= 15 is 0 Å². The van der Waals surface area contributed by atoms with E-state index in [-0.39, 0.29) is 0 Å². The zero-order valence-electron chi connectivity index (χ0n) is 12.8. The maximum absolute atomic E-state index is 3.69. The molecular weight excluding hydrogens is 234 g/mol. The standard InChI is InChI=1S/C16H31N3/c1-16(2,12-17-15-5-6-15)13-19-9-7-18(8-10-19)11-14-3-4-14/h14-15,17H,3-13H2,1-2H3. The van der Waals surface area contributed by atoms with E-state index in [1.165, 1.54) is 71.5 Å². The molecule has 0 aromatic carbocycles. The van der Waals surface area contributed by atoms with Gasteiger partial charge in [0.25, 0.3) is 0 Å². The van der Waals surface area contributed by atoms with Crippen LogP contribution in [0.4, 0.5) is 0 Å². The number of nitrogens with zero attached hydrogens (tertiary/aromatic N) is 2. The summed E-state index contributed by atoms with van der Waals surface area (Å²) in [4.78, 5) is 5.36. The van der Waals surface area contributed by atoms with Crippen molar-refractivity contribution >= 4 is 0 Å². The maximum Gasteiger partial charge on any atom is 0.0110 e.